The van der Waals surface area contributed by atoms with Gasteiger partial charge in [-0.1, -0.05) is 6.92 Å². The fourth-order valence-electron chi connectivity index (χ4n) is 2.35. The topological polar surface area (TPSA) is 53.7 Å². The molecule has 2 rings (SSSR count). The average molecular weight is 302 g/mol. The SMILES string of the molecule is CC1CCCN(C(=O)c2ccc(Br)o2)C1CO. The highest BCUT2D eigenvalue weighted by Crippen LogP contribution is 2.25. The second-order valence-corrected chi connectivity index (χ2v) is 5.25. The van der Waals surface area contributed by atoms with Gasteiger partial charge in [-0.15, -0.1) is 0 Å². The summed E-state index contributed by atoms with van der Waals surface area (Å²) in [5, 5.41) is 9.40. The predicted octanol–water partition coefficient (Wildman–Crippen LogP) is 2.28. The third-order valence-electron chi connectivity index (χ3n) is 3.35. The number of hydrogen-bond acceptors (Lipinski definition) is 3. The summed E-state index contributed by atoms with van der Waals surface area (Å²) in [4.78, 5) is 13.9. The van der Waals surface area contributed by atoms with Crippen LogP contribution in [0, 0.1) is 5.92 Å². The van der Waals surface area contributed by atoms with Gasteiger partial charge in [-0.3, -0.25) is 4.79 Å². The second kappa shape index (κ2) is 5.23. The summed E-state index contributed by atoms with van der Waals surface area (Å²) < 4.78 is 5.82. The molecule has 0 spiro atoms. The van der Waals surface area contributed by atoms with Crippen LogP contribution in [0.15, 0.2) is 21.2 Å². The monoisotopic (exact) mass is 301 g/mol. The Labute approximate surface area is 109 Å². The molecule has 1 fully saturated rings. The molecule has 0 saturated carbocycles. The molecule has 0 aromatic carbocycles. The number of hydrogen-bond donors (Lipinski definition) is 1. The van der Waals surface area contributed by atoms with E-state index in [0.29, 0.717) is 22.9 Å². The third kappa shape index (κ3) is 2.55. The van der Waals surface area contributed by atoms with Gasteiger partial charge in [0.25, 0.3) is 5.91 Å². The van der Waals surface area contributed by atoms with Crippen molar-refractivity contribution in [1.82, 2.24) is 4.90 Å². The number of rotatable bonds is 2. The Balaban J connectivity index is 2.17. The average Bonchev–Trinajstić information content (AvgIpc) is 2.74. The Hall–Kier alpha value is -0.810. The zero-order valence-electron chi connectivity index (χ0n) is 9.73. The van der Waals surface area contributed by atoms with Gasteiger partial charge in [-0.2, -0.15) is 0 Å². The molecule has 1 aliphatic heterocycles. The van der Waals surface area contributed by atoms with Crippen LogP contribution in [0.1, 0.15) is 30.3 Å². The van der Waals surface area contributed by atoms with Crippen LogP contribution in [0.5, 0.6) is 0 Å². The Kier molecular flexibility index (Phi) is 3.89. The van der Waals surface area contributed by atoms with Gasteiger partial charge in [-0.25, -0.2) is 0 Å². The van der Waals surface area contributed by atoms with Gasteiger partial charge >= 0.3 is 0 Å². The van der Waals surface area contributed by atoms with Crippen molar-refractivity contribution >= 4 is 21.8 Å². The quantitative estimate of drug-likeness (QED) is 0.912. The molecular weight excluding hydrogens is 286 g/mol. The lowest BCUT2D eigenvalue weighted by Crippen LogP contribution is -2.49. The van der Waals surface area contributed by atoms with Crippen molar-refractivity contribution in [2.24, 2.45) is 5.92 Å². The molecule has 2 unspecified atom stereocenters. The molecule has 1 aliphatic rings. The lowest BCUT2D eigenvalue weighted by atomic mass is 9.91. The largest absolute Gasteiger partial charge is 0.444 e. The predicted molar refractivity (Wildman–Crippen MR) is 66.7 cm³/mol. The van der Waals surface area contributed by atoms with Crippen LogP contribution in [-0.4, -0.2) is 35.1 Å². The van der Waals surface area contributed by atoms with Crippen molar-refractivity contribution in [3.05, 3.63) is 22.6 Å². The molecular formula is C12H16BrNO3. The molecule has 1 aromatic rings. The van der Waals surface area contributed by atoms with E-state index in [9.17, 15) is 9.90 Å². The van der Waals surface area contributed by atoms with E-state index in [1.807, 2.05) is 0 Å². The highest BCUT2D eigenvalue weighted by Gasteiger charge is 2.32. The molecule has 1 amide bonds. The number of nitrogens with zero attached hydrogens (tertiary/aromatic N) is 1. The van der Waals surface area contributed by atoms with E-state index in [0.717, 1.165) is 12.8 Å². The van der Waals surface area contributed by atoms with Gasteiger partial charge in [0.05, 0.1) is 12.6 Å². The highest BCUT2D eigenvalue weighted by atomic mass is 79.9. The van der Waals surface area contributed by atoms with Crippen LogP contribution >= 0.6 is 15.9 Å². The number of carbonyl (C=O) groups is 1. The molecule has 17 heavy (non-hydrogen) atoms. The number of piperidine rings is 1. The maximum atomic E-state index is 12.2. The van der Waals surface area contributed by atoms with Gasteiger partial charge in [0.1, 0.15) is 0 Å². The summed E-state index contributed by atoms with van der Waals surface area (Å²) >= 11 is 3.18. The summed E-state index contributed by atoms with van der Waals surface area (Å²) in [5.74, 6) is 0.516. The zero-order chi connectivity index (χ0) is 12.4. The summed E-state index contributed by atoms with van der Waals surface area (Å²) in [6.07, 6.45) is 2.03. The van der Waals surface area contributed by atoms with E-state index in [1.165, 1.54) is 0 Å². The minimum atomic E-state index is -0.138. The van der Waals surface area contributed by atoms with Crippen molar-refractivity contribution in [3.63, 3.8) is 0 Å². The number of amides is 1. The van der Waals surface area contributed by atoms with Gasteiger partial charge in [-0.05, 0) is 46.8 Å². The molecule has 2 heterocycles. The van der Waals surface area contributed by atoms with E-state index < -0.39 is 0 Å². The maximum absolute atomic E-state index is 12.2. The van der Waals surface area contributed by atoms with E-state index in [4.69, 9.17) is 4.42 Å². The Morgan fingerprint density at radius 3 is 3.00 bits per heavy atom. The highest BCUT2D eigenvalue weighted by molar-refractivity contribution is 9.10. The number of aliphatic hydroxyl groups excluding tert-OH is 1. The minimum absolute atomic E-state index is 0.00872. The molecule has 5 heteroatoms. The van der Waals surface area contributed by atoms with Gasteiger partial charge in [0.2, 0.25) is 0 Å². The Morgan fingerprint density at radius 1 is 1.65 bits per heavy atom. The molecule has 1 aromatic heterocycles. The van der Waals surface area contributed by atoms with Crippen LogP contribution in [0.25, 0.3) is 0 Å². The fourth-order valence-corrected chi connectivity index (χ4v) is 2.66. The van der Waals surface area contributed by atoms with Crippen LogP contribution in [0.2, 0.25) is 0 Å². The van der Waals surface area contributed by atoms with Crippen LogP contribution < -0.4 is 0 Å². The standard InChI is InChI=1S/C12H16BrNO3/c1-8-3-2-6-14(9(8)7-15)12(16)10-4-5-11(13)17-10/h4-5,8-9,15H,2-3,6-7H2,1H3. The lowest BCUT2D eigenvalue weighted by Gasteiger charge is -2.38. The van der Waals surface area contributed by atoms with E-state index in [-0.39, 0.29) is 18.6 Å². The summed E-state index contributed by atoms with van der Waals surface area (Å²) in [6, 6.07) is 3.26. The number of carbonyl (C=O) groups excluding carboxylic acids is 1. The molecule has 94 valence electrons. The molecule has 1 N–H and O–H groups in total. The maximum Gasteiger partial charge on any atom is 0.289 e. The lowest BCUT2D eigenvalue weighted by molar-refractivity contribution is 0.0331. The van der Waals surface area contributed by atoms with Crippen LogP contribution in [-0.2, 0) is 0 Å². The molecule has 0 aliphatic carbocycles. The first-order chi connectivity index (χ1) is 8.13. The summed E-state index contributed by atoms with van der Waals surface area (Å²) in [6.45, 7) is 2.76. The first-order valence-corrected chi connectivity index (χ1v) is 6.60. The van der Waals surface area contributed by atoms with E-state index in [1.54, 1.807) is 17.0 Å². The molecule has 0 radical (unpaired) electrons. The first-order valence-electron chi connectivity index (χ1n) is 5.80. The normalized spacial score (nSPS) is 25.0. The number of aliphatic hydroxyl groups is 1. The Morgan fingerprint density at radius 2 is 2.41 bits per heavy atom. The first kappa shape index (κ1) is 12.6. The smallest absolute Gasteiger partial charge is 0.289 e. The molecule has 2 atom stereocenters. The summed E-state index contributed by atoms with van der Waals surface area (Å²) in [7, 11) is 0. The molecule has 4 nitrogen and oxygen atoms in total. The fraction of sp³-hybridized carbons (Fsp3) is 0.583. The number of halogens is 1. The second-order valence-electron chi connectivity index (χ2n) is 4.47. The Bertz CT molecular complexity index is 404. The molecule has 0 bridgehead atoms. The van der Waals surface area contributed by atoms with Crippen molar-refractivity contribution < 1.29 is 14.3 Å². The van der Waals surface area contributed by atoms with Crippen LogP contribution in [0.4, 0.5) is 0 Å². The van der Waals surface area contributed by atoms with E-state index in [2.05, 4.69) is 22.9 Å². The van der Waals surface area contributed by atoms with Crippen molar-refractivity contribution in [2.75, 3.05) is 13.2 Å². The zero-order valence-corrected chi connectivity index (χ0v) is 11.3. The summed E-state index contributed by atoms with van der Waals surface area (Å²) in [5.41, 5.74) is 0. The molecule has 1 saturated heterocycles. The van der Waals surface area contributed by atoms with Gasteiger partial charge in [0, 0.05) is 6.54 Å². The van der Waals surface area contributed by atoms with Crippen LogP contribution in [0.3, 0.4) is 0 Å². The van der Waals surface area contributed by atoms with Gasteiger partial charge < -0.3 is 14.4 Å². The van der Waals surface area contributed by atoms with Crippen molar-refractivity contribution in [3.8, 4) is 0 Å². The minimum Gasteiger partial charge on any atom is -0.444 e. The third-order valence-corrected chi connectivity index (χ3v) is 3.77. The van der Waals surface area contributed by atoms with Crippen molar-refractivity contribution in [2.45, 2.75) is 25.8 Å². The van der Waals surface area contributed by atoms with Crippen molar-refractivity contribution in [1.29, 1.82) is 0 Å². The van der Waals surface area contributed by atoms with Gasteiger partial charge in [0.15, 0.2) is 10.4 Å². The van der Waals surface area contributed by atoms with E-state index >= 15 is 0 Å². The number of likely N-dealkylation sites (tertiary alicyclic amines) is 1. The number of furan rings is 1.